The van der Waals surface area contributed by atoms with Crippen molar-refractivity contribution >= 4 is 17.3 Å². The lowest BCUT2D eigenvalue weighted by Crippen LogP contribution is -2.19. The summed E-state index contributed by atoms with van der Waals surface area (Å²) in [7, 11) is 3.97. The summed E-state index contributed by atoms with van der Waals surface area (Å²) in [5.74, 6) is 0. The predicted molar refractivity (Wildman–Crippen MR) is 77.0 cm³/mol. The molecular formula is C14H21ClN2. The number of nitrogens with zero attached hydrogens (tertiary/aromatic N) is 1. The summed E-state index contributed by atoms with van der Waals surface area (Å²) in [6.45, 7) is 8.86. The molecule has 0 radical (unpaired) electrons. The maximum atomic E-state index is 6.31. The fraction of sp³-hybridized carbons (Fsp3) is 0.429. The lowest BCUT2D eigenvalue weighted by molar-refractivity contribution is 0.652. The van der Waals surface area contributed by atoms with Crippen LogP contribution in [0.2, 0.25) is 5.02 Å². The first-order valence-corrected chi connectivity index (χ1v) is 6.15. The summed E-state index contributed by atoms with van der Waals surface area (Å²) in [4.78, 5) is 2.11. The largest absolute Gasteiger partial charge is 0.369 e. The topological polar surface area (TPSA) is 15.3 Å². The van der Waals surface area contributed by atoms with Crippen LogP contribution in [-0.2, 0) is 0 Å². The Morgan fingerprint density at radius 3 is 2.65 bits per heavy atom. The van der Waals surface area contributed by atoms with E-state index < -0.39 is 0 Å². The van der Waals surface area contributed by atoms with Crippen molar-refractivity contribution in [3.63, 3.8) is 0 Å². The minimum atomic E-state index is 0.313. The van der Waals surface area contributed by atoms with Crippen LogP contribution in [0.5, 0.6) is 0 Å². The van der Waals surface area contributed by atoms with Crippen molar-refractivity contribution in [2.45, 2.75) is 19.9 Å². The lowest BCUT2D eigenvalue weighted by atomic mass is 10.1. The molecule has 0 saturated heterocycles. The molecule has 0 aromatic heterocycles. The van der Waals surface area contributed by atoms with Gasteiger partial charge in [0.15, 0.2) is 0 Å². The first-order chi connectivity index (χ1) is 7.95. The minimum Gasteiger partial charge on any atom is -0.369 e. The van der Waals surface area contributed by atoms with E-state index >= 15 is 0 Å². The normalized spacial score (nSPS) is 12.3. The molecule has 0 bridgehead atoms. The molecule has 3 heteroatoms. The van der Waals surface area contributed by atoms with E-state index in [2.05, 4.69) is 35.9 Å². The molecule has 2 nitrogen and oxygen atoms in total. The molecule has 1 aromatic carbocycles. The molecule has 1 aromatic rings. The van der Waals surface area contributed by atoms with Gasteiger partial charge in [0.25, 0.3) is 0 Å². The van der Waals surface area contributed by atoms with E-state index in [1.807, 2.05) is 27.1 Å². The zero-order valence-corrected chi connectivity index (χ0v) is 11.8. The highest BCUT2D eigenvalue weighted by Gasteiger charge is 2.09. The summed E-state index contributed by atoms with van der Waals surface area (Å²) in [6, 6.07) is 6.51. The number of halogens is 1. The Morgan fingerprint density at radius 1 is 1.53 bits per heavy atom. The average Bonchev–Trinajstić information content (AvgIpc) is 2.26. The van der Waals surface area contributed by atoms with Crippen LogP contribution in [0.25, 0.3) is 0 Å². The van der Waals surface area contributed by atoms with E-state index in [0.717, 1.165) is 22.8 Å². The van der Waals surface area contributed by atoms with Gasteiger partial charge in [-0.2, -0.15) is 0 Å². The van der Waals surface area contributed by atoms with Gasteiger partial charge in [-0.05, 0) is 38.6 Å². The Morgan fingerprint density at radius 2 is 2.18 bits per heavy atom. The molecule has 1 atom stereocenters. The second-order valence-electron chi connectivity index (χ2n) is 4.53. The number of benzene rings is 1. The number of anilines is 1. The molecule has 0 aliphatic heterocycles. The van der Waals surface area contributed by atoms with Crippen molar-refractivity contribution in [2.75, 3.05) is 25.5 Å². The van der Waals surface area contributed by atoms with E-state index in [9.17, 15) is 0 Å². The average molecular weight is 253 g/mol. The molecule has 17 heavy (non-hydrogen) atoms. The number of rotatable bonds is 5. The van der Waals surface area contributed by atoms with Crippen LogP contribution in [0.4, 0.5) is 5.69 Å². The summed E-state index contributed by atoms with van der Waals surface area (Å²) >= 11 is 6.31. The SMILES string of the molecule is C=C(C)CN(C)c1ccc(C(C)NC)cc1Cl. The monoisotopic (exact) mass is 252 g/mol. The zero-order valence-electron chi connectivity index (χ0n) is 11.0. The Bertz CT molecular complexity index is 401. The molecule has 0 aliphatic rings. The molecule has 0 saturated carbocycles. The molecule has 0 aliphatic carbocycles. The highest BCUT2D eigenvalue weighted by molar-refractivity contribution is 6.33. The van der Waals surface area contributed by atoms with Gasteiger partial charge in [-0.15, -0.1) is 0 Å². The molecule has 1 N–H and O–H groups in total. The Balaban J connectivity index is 2.93. The molecule has 1 rings (SSSR count). The third-order valence-corrected chi connectivity index (χ3v) is 3.13. The maximum Gasteiger partial charge on any atom is 0.0642 e. The number of hydrogen-bond acceptors (Lipinski definition) is 2. The summed E-state index contributed by atoms with van der Waals surface area (Å²) < 4.78 is 0. The summed E-state index contributed by atoms with van der Waals surface area (Å²) in [6.07, 6.45) is 0. The summed E-state index contributed by atoms with van der Waals surface area (Å²) in [5, 5.41) is 3.99. The quantitative estimate of drug-likeness (QED) is 0.805. The van der Waals surface area contributed by atoms with Gasteiger partial charge < -0.3 is 10.2 Å². The number of nitrogens with one attached hydrogen (secondary N) is 1. The van der Waals surface area contributed by atoms with E-state index in [1.165, 1.54) is 5.56 Å². The van der Waals surface area contributed by atoms with E-state index in [4.69, 9.17) is 11.6 Å². The third-order valence-electron chi connectivity index (χ3n) is 2.82. The van der Waals surface area contributed by atoms with Crippen LogP contribution < -0.4 is 10.2 Å². The third kappa shape index (κ3) is 3.76. The fourth-order valence-corrected chi connectivity index (χ4v) is 2.09. The molecule has 0 heterocycles. The van der Waals surface area contributed by atoms with Gasteiger partial charge in [-0.25, -0.2) is 0 Å². The van der Waals surface area contributed by atoms with Crippen molar-refractivity contribution in [3.05, 3.63) is 40.9 Å². The van der Waals surface area contributed by atoms with Crippen LogP contribution in [0, 0.1) is 0 Å². The number of likely N-dealkylation sites (N-methyl/N-ethyl adjacent to an activating group) is 1. The highest BCUT2D eigenvalue weighted by atomic mass is 35.5. The van der Waals surface area contributed by atoms with Crippen molar-refractivity contribution in [1.82, 2.24) is 5.32 Å². The molecular weight excluding hydrogens is 232 g/mol. The van der Waals surface area contributed by atoms with Gasteiger partial charge in [-0.3, -0.25) is 0 Å². The first-order valence-electron chi connectivity index (χ1n) is 5.78. The van der Waals surface area contributed by atoms with Crippen molar-refractivity contribution in [3.8, 4) is 0 Å². The van der Waals surface area contributed by atoms with Crippen molar-refractivity contribution < 1.29 is 0 Å². The minimum absolute atomic E-state index is 0.313. The van der Waals surface area contributed by atoms with Gasteiger partial charge in [-0.1, -0.05) is 29.8 Å². The zero-order chi connectivity index (χ0) is 13.0. The van der Waals surface area contributed by atoms with Crippen LogP contribution >= 0.6 is 11.6 Å². The lowest BCUT2D eigenvalue weighted by Gasteiger charge is -2.22. The second kappa shape index (κ2) is 6.08. The fourth-order valence-electron chi connectivity index (χ4n) is 1.76. The van der Waals surface area contributed by atoms with Crippen molar-refractivity contribution in [2.24, 2.45) is 0 Å². The van der Waals surface area contributed by atoms with Gasteiger partial charge in [0.2, 0.25) is 0 Å². The van der Waals surface area contributed by atoms with Crippen molar-refractivity contribution in [1.29, 1.82) is 0 Å². The smallest absolute Gasteiger partial charge is 0.0642 e. The van der Waals surface area contributed by atoms with Crippen LogP contribution in [0.15, 0.2) is 30.4 Å². The van der Waals surface area contributed by atoms with Crippen LogP contribution in [0.1, 0.15) is 25.5 Å². The van der Waals surface area contributed by atoms with Gasteiger partial charge in [0.05, 0.1) is 10.7 Å². The molecule has 1 unspecified atom stereocenters. The molecule has 94 valence electrons. The van der Waals surface area contributed by atoms with E-state index in [0.29, 0.717) is 6.04 Å². The van der Waals surface area contributed by atoms with Crippen LogP contribution in [-0.4, -0.2) is 20.6 Å². The Labute approximate surface area is 109 Å². The second-order valence-corrected chi connectivity index (χ2v) is 4.94. The van der Waals surface area contributed by atoms with Gasteiger partial charge in [0, 0.05) is 19.6 Å². The van der Waals surface area contributed by atoms with E-state index in [-0.39, 0.29) is 0 Å². The maximum absolute atomic E-state index is 6.31. The highest BCUT2D eigenvalue weighted by Crippen LogP contribution is 2.28. The number of hydrogen-bond donors (Lipinski definition) is 1. The van der Waals surface area contributed by atoms with E-state index in [1.54, 1.807) is 0 Å². The van der Waals surface area contributed by atoms with Gasteiger partial charge >= 0.3 is 0 Å². The van der Waals surface area contributed by atoms with Gasteiger partial charge in [0.1, 0.15) is 0 Å². The Hall–Kier alpha value is -0.990. The molecule has 0 fully saturated rings. The first kappa shape index (κ1) is 14.1. The predicted octanol–water partition coefficient (Wildman–Crippen LogP) is 3.63. The Kier molecular flexibility index (Phi) is 5.03. The van der Waals surface area contributed by atoms with Crippen LogP contribution in [0.3, 0.4) is 0 Å². The summed E-state index contributed by atoms with van der Waals surface area (Å²) in [5.41, 5.74) is 3.36. The standard InChI is InChI=1S/C14H21ClN2/c1-10(2)9-17(5)14-7-6-12(8-13(14)15)11(3)16-4/h6-8,11,16H,1,9H2,2-5H3. The molecule has 0 amide bonds. The molecule has 0 spiro atoms.